The number of hydrogen-bond donors (Lipinski definition) is 0. The largest absolute Gasteiger partial charge is 0.293 e. The molecule has 1 aromatic rings. The molecule has 2 atom stereocenters. The summed E-state index contributed by atoms with van der Waals surface area (Å²) < 4.78 is 1.67. The van der Waals surface area contributed by atoms with Gasteiger partial charge in [0.15, 0.2) is 5.78 Å². The van der Waals surface area contributed by atoms with Gasteiger partial charge in [-0.2, -0.15) is 0 Å². The van der Waals surface area contributed by atoms with Gasteiger partial charge in [-0.15, -0.1) is 9.24 Å². The molecule has 4 heteroatoms. The Hall–Kier alpha value is 0.280. The van der Waals surface area contributed by atoms with E-state index in [1.807, 2.05) is 25.1 Å². The highest BCUT2D eigenvalue weighted by Crippen LogP contribution is 2.27. The Morgan fingerprint density at radius 3 is 2.23 bits per heavy atom. The highest BCUT2D eigenvalue weighted by Gasteiger charge is 2.16. The van der Waals surface area contributed by atoms with Crippen LogP contribution >= 0.6 is 41.1 Å². The van der Waals surface area contributed by atoms with Crippen LogP contribution in [0.5, 0.6) is 0 Å². The highest BCUT2D eigenvalue weighted by atomic mass is 79.9. The highest BCUT2D eigenvalue weighted by molar-refractivity contribution is 9.11. The van der Waals surface area contributed by atoms with E-state index < -0.39 is 0 Å². The van der Waals surface area contributed by atoms with Gasteiger partial charge in [-0.3, -0.25) is 4.79 Å². The molecule has 0 heterocycles. The van der Waals surface area contributed by atoms with E-state index in [0.29, 0.717) is 5.56 Å². The summed E-state index contributed by atoms with van der Waals surface area (Å²) in [5, 5.41) is 0. The second-order valence-electron chi connectivity index (χ2n) is 2.75. The second-order valence-corrected chi connectivity index (χ2v) is 5.46. The number of carbonyl (C=O) groups excluding carboxylic acids is 1. The summed E-state index contributed by atoms with van der Waals surface area (Å²) in [5.74, 6) is 0.115. The van der Waals surface area contributed by atoms with Gasteiger partial charge in [-0.1, -0.05) is 44.8 Å². The Morgan fingerprint density at radius 1 is 1.38 bits per heavy atom. The molecule has 0 aromatic heterocycles. The van der Waals surface area contributed by atoms with Gasteiger partial charge in [0, 0.05) is 20.2 Å². The first-order chi connectivity index (χ1) is 6.04. The van der Waals surface area contributed by atoms with Gasteiger partial charge in [0.2, 0.25) is 0 Å². The maximum absolute atomic E-state index is 11.7. The molecule has 1 aromatic carbocycles. The van der Waals surface area contributed by atoms with Crippen molar-refractivity contribution in [1.29, 1.82) is 0 Å². The van der Waals surface area contributed by atoms with Crippen LogP contribution in [0.15, 0.2) is 27.1 Å². The third kappa shape index (κ3) is 2.61. The third-order valence-electron chi connectivity index (χ3n) is 1.62. The number of carbonyl (C=O) groups is 1. The molecule has 1 nitrogen and oxygen atoms in total. The maximum atomic E-state index is 11.7. The predicted octanol–water partition coefficient (Wildman–Crippen LogP) is 3.66. The number of rotatable bonds is 2. The average Bonchev–Trinajstić information content (AvgIpc) is 2.03. The zero-order valence-electron chi connectivity index (χ0n) is 7.05. The standard InChI is InChI=1S/C9H9Br2OP/c1-5(13)9(12)8-6(10)3-2-4-7(8)11/h2-5H,13H2,1H3. The lowest BCUT2D eigenvalue weighted by atomic mass is 10.1. The van der Waals surface area contributed by atoms with E-state index >= 15 is 0 Å². The zero-order valence-corrected chi connectivity index (χ0v) is 11.4. The summed E-state index contributed by atoms with van der Waals surface area (Å²) in [6.45, 7) is 1.86. The Balaban J connectivity index is 3.20. The monoisotopic (exact) mass is 322 g/mol. The van der Waals surface area contributed by atoms with E-state index in [4.69, 9.17) is 0 Å². The van der Waals surface area contributed by atoms with Crippen molar-refractivity contribution >= 4 is 46.9 Å². The lowest BCUT2D eigenvalue weighted by molar-refractivity contribution is 0.0992. The zero-order chi connectivity index (χ0) is 10.0. The molecule has 0 aliphatic carbocycles. The lowest BCUT2D eigenvalue weighted by Crippen LogP contribution is -2.11. The van der Waals surface area contributed by atoms with Gasteiger partial charge < -0.3 is 0 Å². The number of benzene rings is 1. The van der Waals surface area contributed by atoms with E-state index in [2.05, 4.69) is 41.1 Å². The number of Topliss-reactive ketones (excluding diaryl/α,β-unsaturated/α-hetero) is 1. The van der Waals surface area contributed by atoms with Crippen molar-refractivity contribution in [3.05, 3.63) is 32.7 Å². The van der Waals surface area contributed by atoms with Crippen LogP contribution in [0, 0.1) is 0 Å². The molecular formula is C9H9Br2OP. The third-order valence-corrected chi connectivity index (χ3v) is 3.25. The Labute approximate surface area is 96.8 Å². The maximum Gasteiger partial charge on any atom is 0.171 e. The van der Waals surface area contributed by atoms with Crippen molar-refractivity contribution < 1.29 is 4.79 Å². The van der Waals surface area contributed by atoms with Crippen molar-refractivity contribution in [3.8, 4) is 0 Å². The minimum absolute atomic E-state index is 0.0602. The summed E-state index contributed by atoms with van der Waals surface area (Å²) >= 11 is 6.71. The Kier molecular flexibility index (Phi) is 4.08. The minimum atomic E-state index is -0.0602. The first-order valence-corrected chi connectivity index (χ1v) is 6.03. The minimum Gasteiger partial charge on any atom is -0.293 e. The molecule has 0 aliphatic heterocycles. The van der Waals surface area contributed by atoms with Gasteiger partial charge >= 0.3 is 0 Å². The quantitative estimate of drug-likeness (QED) is 0.599. The summed E-state index contributed by atoms with van der Waals surface area (Å²) in [6.07, 6.45) is 0. The average molecular weight is 324 g/mol. The smallest absolute Gasteiger partial charge is 0.171 e. The van der Waals surface area contributed by atoms with Crippen molar-refractivity contribution in [2.75, 3.05) is 0 Å². The van der Waals surface area contributed by atoms with Crippen LogP contribution in [-0.2, 0) is 0 Å². The number of halogens is 2. The van der Waals surface area contributed by atoms with Crippen molar-refractivity contribution in [2.24, 2.45) is 0 Å². The van der Waals surface area contributed by atoms with Crippen LogP contribution < -0.4 is 0 Å². The molecule has 0 fully saturated rings. The molecule has 0 radical (unpaired) electrons. The summed E-state index contributed by atoms with van der Waals surface area (Å²) in [6, 6.07) is 5.62. The topological polar surface area (TPSA) is 17.1 Å². The lowest BCUT2D eigenvalue weighted by Gasteiger charge is -2.08. The Bertz CT molecular complexity index is 316. The predicted molar refractivity (Wildman–Crippen MR) is 65.3 cm³/mol. The van der Waals surface area contributed by atoms with Gasteiger partial charge in [-0.25, -0.2) is 0 Å². The van der Waals surface area contributed by atoms with Crippen molar-refractivity contribution in [1.82, 2.24) is 0 Å². The molecule has 0 aliphatic rings. The van der Waals surface area contributed by atoms with E-state index in [1.165, 1.54) is 0 Å². The SMILES string of the molecule is CC(P)C(=O)c1c(Br)cccc1Br. The van der Waals surface area contributed by atoms with Crippen LogP contribution in [0.2, 0.25) is 0 Å². The van der Waals surface area contributed by atoms with Gasteiger partial charge in [0.05, 0.1) is 0 Å². The molecule has 70 valence electrons. The fourth-order valence-electron chi connectivity index (χ4n) is 0.961. The fourth-order valence-corrected chi connectivity index (χ4v) is 2.52. The first-order valence-electron chi connectivity index (χ1n) is 3.78. The van der Waals surface area contributed by atoms with Crippen molar-refractivity contribution in [3.63, 3.8) is 0 Å². The number of ketones is 1. The summed E-state index contributed by atoms with van der Waals surface area (Å²) in [5.41, 5.74) is 0.653. The van der Waals surface area contributed by atoms with Crippen LogP contribution in [0.25, 0.3) is 0 Å². The molecule has 0 bridgehead atoms. The van der Waals surface area contributed by atoms with Crippen LogP contribution in [0.4, 0.5) is 0 Å². The molecule has 0 amide bonds. The normalized spacial score (nSPS) is 12.6. The van der Waals surface area contributed by atoms with Crippen LogP contribution in [-0.4, -0.2) is 11.4 Å². The molecular weight excluding hydrogens is 315 g/mol. The Morgan fingerprint density at radius 2 is 1.85 bits per heavy atom. The molecule has 1 rings (SSSR count). The molecule has 0 spiro atoms. The molecule has 13 heavy (non-hydrogen) atoms. The summed E-state index contributed by atoms with van der Waals surface area (Å²) in [7, 11) is 2.50. The van der Waals surface area contributed by atoms with Crippen LogP contribution in [0.3, 0.4) is 0 Å². The fraction of sp³-hybridized carbons (Fsp3) is 0.222. The first kappa shape index (κ1) is 11.4. The van der Waals surface area contributed by atoms with E-state index in [1.54, 1.807) is 0 Å². The van der Waals surface area contributed by atoms with E-state index in [9.17, 15) is 4.79 Å². The van der Waals surface area contributed by atoms with Crippen LogP contribution in [0.1, 0.15) is 17.3 Å². The number of hydrogen-bond acceptors (Lipinski definition) is 1. The molecule has 2 unspecified atom stereocenters. The van der Waals surface area contributed by atoms with Crippen molar-refractivity contribution in [2.45, 2.75) is 12.6 Å². The van der Waals surface area contributed by atoms with Gasteiger partial charge in [-0.05, 0) is 12.1 Å². The van der Waals surface area contributed by atoms with Gasteiger partial charge in [0.25, 0.3) is 0 Å². The van der Waals surface area contributed by atoms with E-state index in [0.717, 1.165) is 8.95 Å². The second kappa shape index (κ2) is 4.68. The van der Waals surface area contributed by atoms with E-state index in [-0.39, 0.29) is 11.4 Å². The molecule has 0 saturated heterocycles. The van der Waals surface area contributed by atoms with Gasteiger partial charge in [0.1, 0.15) is 0 Å². The molecule has 0 saturated carbocycles. The summed E-state index contributed by atoms with van der Waals surface area (Å²) in [4.78, 5) is 11.7. The molecule has 0 N–H and O–H groups in total.